The van der Waals surface area contributed by atoms with Gasteiger partial charge in [-0.1, -0.05) is 11.6 Å². The van der Waals surface area contributed by atoms with Gasteiger partial charge in [-0.3, -0.25) is 0 Å². The molecule has 14 heavy (non-hydrogen) atoms. The first kappa shape index (κ1) is 9.74. The average molecular weight is 213 g/mol. The number of halogens is 1. The molecule has 1 aliphatic rings. The minimum Gasteiger partial charge on any atom is -0.496 e. The quantitative estimate of drug-likeness (QED) is 0.782. The van der Waals surface area contributed by atoms with Gasteiger partial charge >= 0.3 is 0 Å². The molecule has 76 valence electrons. The van der Waals surface area contributed by atoms with Crippen LogP contribution in [0, 0.1) is 5.92 Å². The number of pyridine rings is 1. The zero-order valence-electron chi connectivity index (χ0n) is 8.03. The van der Waals surface area contributed by atoms with E-state index < -0.39 is 0 Å². The lowest BCUT2D eigenvalue weighted by molar-refractivity contribution is 0.402. The summed E-state index contributed by atoms with van der Waals surface area (Å²) in [5.74, 6) is 1.33. The van der Waals surface area contributed by atoms with Crippen LogP contribution in [0.2, 0.25) is 5.15 Å². The van der Waals surface area contributed by atoms with Crippen LogP contribution in [-0.4, -0.2) is 12.1 Å². The third kappa shape index (κ3) is 1.83. The van der Waals surface area contributed by atoms with Crippen LogP contribution < -0.4 is 10.5 Å². The maximum atomic E-state index is 6.06. The molecule has 1 aromatic heterocycles. The molecule has 2 N–H and O–H groups in total. The highest BCUT2D eigenvalue weighted by Crippen LogP contribution is 2.42. The van der Waals surface area contributed by atoms with Gasteiger partial charge in [0.05, 0.1) is 7.11 Å². The molecule has 1 atom stereocenters. The largest absolute Gasteiger partial charge is 0.496 e. The second-order valence-corrected chi connectivity index (χ2v) is 4.00. The Morgan fingerprint density at radius 2 is 2.36 bits per heavy atom. The Morgan fingerprint density at radius 3 is 2.93 bits per heavy atom. The third-order valence-electron chi connectivity index (χ3n) is 2.57. The van der Waals surface area contributed by atoms with Crippen molar-refractivity contribution < 1.29 is 4.74 Å². The van der Waals surface area contributed by atoms with Crippen molar-refractivity contribution in [3.8, 4) is 5.75 Å². The summed E-state index contributed by atoms with van der Waals surface area (Å²) >= 11 is 5.76. The lowest BCUT2D eigenvalue weighted by atomic mass is 10.0. The van der Waals surface area contributed by atoms with Gasteiger partial charge in [-0.15, -0.1) is 0 Å². The number of hydrogen-bond donors (Lipinski definition) is 1. The fourth-order valence-corrected chi connectivity index (χ4v) is 1.71. The molecule has 0 radical (unpaired) electrons. The van der Waals surface area contributed by atoms with E-state index in [1.54, 1.807) is 19.4 Å². The minimum absolute atomic E-state index is 0.0368. The van der Waals surface area contributed by atoms with Crippen molar-refractivity contribution in [1.82, 2.24) is 4.98 Å². The summed E-state index contributed by atoms with van der Waals surface area (Å²) in [6, 6.07) is 1.74. The van der Waals surface area contributed by atoms with E-state index in [4.69, 9.17) is 22.1 Å². The SMILES string of the molecule is COc1cc(Cl)ncc1[C@H](N)C1CC1. The van der Waals surface area contributed by atoms with Gasteiger partial charge in [0.1, 0.15) is 10.9 Å². The molecule has 0 amide bonds. The zero-order valence-corrected chi connectivity index (χ0v) is 8.79. The smallest absolute Gasteiger partial charge is 0.132 e. The zero-order chi connectivity index (χ0) is 10.1. The molecule has 1 aromatic rings. The Bertz CT molecular complexity index is 339. The molecule has 4 heteroatoms. The first-order valence-electron chi connectivity index (χ1n) is 4.67. The minimum atomic E-state index is 0.0368. The van der Waals surface area contributed by atoms with E-state index in [9.17, 15) is 0 Å². The van der Waals surface area contributed by atoms with Crippen molar-refractivity contribution in [2.45, 2.75) is 18.9 Å². The summed E-state index contributed by atoms with van der Waals surface area (Å²) in [5, 5.41) is 0.439. The fourth-order valence-electron chi connectivity index (χ4n) is 1.56. The number of nitrogens with zero attached hydrogens (tertiary/aromatic N) is 1. The molecule has 0 aliphatic heterocycles. The first-order chi connectivity index (χ1) is 6.72. The van der Waals surface area contributed by atoms with Crippen LogP contribution in [0.15, 0.2) is 12.3 Å². The summed E-state index contributed by atoms with van der Waals surface area (Å²) < 4.78 is 5.22. The molecule has 0 spiro atoms. The van der Waals surface area contributed by atoms with Crippen LogP contribution in [-0.2, 0) is 0 Å². The number of hydrogen-bond acceptors (Lipinski definition) is 3. The van der Waals surface area contributed by atoms with Crippen LogP contribution in [0.5, 0.6) is 5.75 Å². The normalized spacial score (nSPS) is 17.9. The molecule has 0 aromatic carbocycles. The van der Waals surface area contributed by atoms with E-state index in [0.717, 1.165) is 11.3 Å². The molecule has 2 rings (SSSR count). The highest BCUT2D eigenvalue weighted by Gasteiger charge is 2.31. The van der Waals surface area contributed by atoms with Crippen LogP contribution in [0.1, 0.15) is 24.4 Å². The summed E-state index contributed by atoms with van der Waals surface area (Å²) in [7, 11) is 1.62. The molecule has 0 bridgehead atoms. The summed E-state index contributed by atoms with van der Waals surface area (Å²) in [4.78, 5) is 4.02. The maximum Gasteiger partial charge on any atom is 0.132 e. The Labute approximate surface area is 88.2 Å². The second-order valence-electron chi connectivity index (χ2n) is 3.61. The second kappa shape index (κ2) is 3.75. The maximum absolute atomic E-state index is 6.06. The van der Waals surface area contributed by atoms with Crippen LogP contribution >= 0.6 is 11.6 Å². The number of nitrogens with two attached hydrogens (primary N) is 1. The Morgan fingerprint density at radius 1 is 1.64 bits per heavy atom. The van der Waals surface area contributed by atoms with E-state index in [1.807, 2.05) is 0 Å². The fraction of sp³-hybridized carbons (Fsp3) is 0.500. The van der Waals surface area contributed by atoms with Crippen LogP contribution in [0.25, 0.3) is 0 Å². The monoisotopic (exact) mass is 212 g/mol. The van der Waals surface area contributed by atoms with Crippen LogP contribution in [0.3, 0.4) is 0 Å². The lowest BCUT2D eigenvalue weighted by Gasteiger charge is -2.14. The lowest BCUT2D eigenvalue weighted by Crippen LogP contribution is -2.13. The number of aromatic nitrogens is 1. The topological polar surface area (TPSA) is 48.1 Å². The number of rotatable bonds is 3. The average Bonchev–Trinajstić information content (AvgIpc) is 3.00. The first-order valence-corrected chi connectivity index (χ1v) is 5.05. The summed E-state index contributed by atoms with van der Waals surface area (Å²) in [6.45, 7) is 0. The molecule has 3 nitrogen and oxygen atoms in total. The number of methoxy groups -OCH3 is 1. The Balaban J connectivity index is 2.30. The van der Waals surface area contributed by atoms with Gasteiger partial charge in [0.25, 0.3) is 0 Å². The standard InChI is InChI=1S/C10H13ClN2O/c1-14-8-4-9(11)13-5-7(8)10(12)6-2-3-6/h4-6,10H,2-3,12H2,1H3/t10-/m1/s1. The predicted molar refractivity (Wildman–Crippen MR) is 55.5 cm³/mol. The summed E-state index contributed by atoms with van der Waals surface area (Å²) in [6.07, 6.45) is 4.12. The van der Waals surface area contributed by atoms with E-state index in [1.165, 1.54) is 12.8 Å². The summed E-state index contributed by atoms with van der Waals surface area (Å²) in [5.41, 5.74) is 7.02. The van der Waals surface area contributed by atoms with Gasteiger partial charge in [0, 0.05) is 23.9 Å². The van der Waals surface area contributed by atoms with Crippen molar-refractivity contribution in [3.63, 3.8) is 0 Å². The Hall–Kier alpha value is -0.800. The van der Waals surface area contributed by atoms with Crippen molar-refractivity contribution in [3.05, 3.63) is 23.0 Å². The number of ether oxygens (including phenoxy) is 1. The van der Waals surface area contributed by atoms with Gasteiger partial charge in [-0.05, 0) is 18.8 Å². The molecule has 1 saturated carbocycles. The third-order valence-corrected chi connectivity index (χ3v) is 2.78. The van der Waals surface area contributed by atoms with Gasteiger partial charge in [0.2, 0.25) is 0 Å². The van der Waals surface area contributed by atoms with Gasteiger partial charge in [-0.2, -0.15) is 0 Å². The van der Waals surface area contributed by atoms with Crippen molar-refractivity contribution in [2.24, 2.45) is 11.7 Å². The van der Waals surface area contributed by atoms with Gasteiger partial charge in [-0.25, -0.2) is 4.98 Å². The van der Waals surface area contributed by atoms with Gasteiger partial charge in [0.15, 0.2) is 0 Å². The van der Waals surface area contributed by atoms with Crippen molar-refractivity contribution in [2.75, 3.05) is 7.11 Å². The van der Waals surface area contributed by atoms with E-state index >= 15 is 0 Å². The van der Waals surface area contributed by atoms with Gasteiger partial charge < -0.3 is 10.5 Å². The van der Waals surface area contributed by atoms with Crippen molar-refractivity contribution >= 4 is 11.6 Å². The van der Waals surface area contributed by atoms with E-state index in [2.05, 4.69) is 4.98 Å². The van der Waals surface area contributed by atoms with E-state index in [-0.39, 0.29) is 6.04 Å². The molecule has 1 fully saturated rings. The van der Waals surface area contributed by atoms with E-state index in [0.29, 0.717) is 11.1 Å². The highest BCUT2D eigenvalue weighted by atomic mass is 35.5. The molecule has 1 aliphatic carbocycles. The van der Waals surface area contributed by atoms with Crippen molar-refractivity contribution in [1.29, 1.82) is 0 Å². The molecular formula is C10H13ClN2O. The molecule has 0 unspecified atom stereocenters. The van der Waals surface area contributed by atoms with Crippen LogP contribution in [0.4, 0.5) is 0 Å². The highest BCUT2D eigenvalue weighted by molar-refractivity contribution is 6.29. The molecular weight excluding hydrogens is 200 g/mol. The predicted octanol–water partition coefficient (Wildman–Crippen LogP) is 2.15. The molecule has 0 saturated heterocycles. The molecule has 1 heterocycles. The Kier molecular flexibility index (Phi) is 2.61.